The molecule has 0 aliphatic carbocycles. The first-order valence-corrected chi connectivity index (χ1v) is 8.26. The van der Waals surface area contributed by atoms with Gasteiger partial charge in [0.2, 0.25) is 5.91 Å². The Kier molecular flexibility index (Phi) is 4.66. The SMILES string of the molecule is O=C(CCN1CCSC1=O)Nc1ccc(F)c(-n2cccc2)c1. The molecular weight excluding hydrogens is 317 g/mol. The maximum absolute atomic E-state index is 13.9. The molecule has 0 unspecified atom stereocenters. The molecule has 0 saturated carbocycles. The molecule has 0 radical (unpaired) electrons. The Morgan fingerprint density at radius 3 is 2.78 bits per heavy atom. The number of carbonyl (C=O) groups excluding carboxylic acids is 2. The summed E-state index contributed by atoms with van der Waals surface area (Å²) in [5, 5.41) is 2.77. The lowest BCUT2D eigenvalue weighted by Gasteiger charge is -2.14. The summed E-state index contributed by atoms with van der Waals surface area (Å²) >= 11 is 1.27. The second-order valence-electron chi connectivity index (χ2n) is 5.16. The number of hydrogen-bond acceptors (Lipinski definition) is 3. The smallest absolute Gasteiger partial charge is 0.281 e. The van der Waals surface area contributed by atoms with Crippen LogP contribution in [-0.4, -0.2) is 39.5 Å². The number of hydrogen-bond donors (Lipinski definition) is 1. The summed E-state index contributed by atoms with van der Waals surface area (Å²) in [6, 6.07) is 8.04. The third-order valence-electron chi connectivity index (χ3n) is 3.57. The predicted octanol–water partition coefficient (Wildman–Crippen LogP) is 3.11. The molecule has 7 heteroatoms. The summed E-state index contributed by atoms with van der Waals surface area (Å²) < 4.78 is 15.5. The van der Waals surface area contributed by atoms with Gasteiger partial charge in [-0.15, -0.1) is 0 Å². The van der Waals surface area contributed by atoms with E-state index in [2.05, 4.69) is 5.32 Å². The van der Waals surface area contributed by atoms with Crippen LogP contribution in [0, 0.1) is 5.82 Å². The van der Waals surface area contributed by atoms with Crippen molar-refractivity contribution < 1.29 is 14.0 Å². The van der Waals surface area contributed by atoms with Gasteiger partial charge >= 0.3 is 0 Å². The largest absolute Gasteiger partial charge is 0.332 e. The molecule has 23 heavy (non-hydrogen) atoms. The summed E-state index contributed by atoms with van der Waals surface area (Å²) in [6.45, 7) is 1.09. The van der Waals surface area contributed by atoms with E-state index < -0.39 is 0 Å². The maximum Gasteiger partial charge on any atom is 0.281 e. The molecule has 2 amide bonds. The molecule has 2 heterocycles. The minimum Gasteiger partial charge on any atom is -0.332 e. The molecule has 5 nitrogen and oxygen atoms in total. The van der Waals surface area contributed by atoms with Gasteiger partial charge in [0.05, 0.1) is 5.69 Å². The number of aromatic nitrogens is 1. The van der Waals surface area contributed by atoms with Gasteiger partial charge in [0.1, 0.15) is 5.82 Å². The lowest BCUT2D eigenvalue weighted by molar-refractivity contribution is -0.116. The van der Waals surface area contributed by atoms with Gasteiger partial charge in [-0.25, -0.2) is 4.39 Å². The minimum atomic E-state index is -0.362. The van der Waals surface area contributed by atoms with E-state index >= 15 is 0 Å². The van der Waals surface area contributed by atoms with E-state index in [9.17, 15) is 14.0 Å². The van der Waals surface area contributed by atoms with Crippen LogP contribution in [0.15, 0.2) is 42.7 Å². The van der Waals surface area contributed by atoms with Crippen LogP contribution in [0.25, 0.3) is 5.69 Å². The molecule has 1 aromatic heterocycles. The zero-order valence-corrected chi connectivity index (χ0v) is 13.2. The number of amides is 2. The fraction of sp³-hybridized carbons (Fsp3) is 0.250. The average Bonchev–Trinajstić information content (AvgIpc) is 3.19. The summed E-state index contributed by atoms with van der Waals surface area (Å²) in [4.78, 5) is 25.1. The molecule has 0 spiro atoms. The lowest BCUT2D eigenvalue weighted by atomic mass is 10.2. The fourth-order valence-electron chi connectivity index (χ4n) is 2.37. The Morgan fingerprint density at radius 1 is 1.30 bits per heavy atom. The molecule has 1 N–H and O–H groups in total. The first-order chi connectivity index (χ1) is 11.1. The lowest BCUT2D eigenvalue weighted by Crippen LogP contribution is -2.27. The molecule has 1 aliphatic rings. The van der Waals surface area contributed by atoms with Gasteiger partial charge in [-0.2, -0.15) is 0 Å². The van der Waals surface area contributed by atoms with Crippen LogP contribution in [0.4, 0.5) is 14.9 Å². The maximum atomic E-state index is 13.9. The quantitative estimate of drug-likeness (QED) is 0.915. The predicted molar refractivity (Wildman–Crippen MR) is 88.4 cm³/mol. The van der Waals surface area contributed by atoms with Crippen molar-refractivity contribution in [2.24, 2.45) is 0 Å². The van der Waals surface area contributed by atoms with Crippen molar-refractivity contribution in [1.82, 2.24) is 9.47 Å². The Hall–Kier alpha value is -2.28. The highest BCUT2D eigenvalue weighted by atomic mass is 32.2. The van der Waals surface area contributed by atoms with E-state index in [4.69, 9.17) is 0 Å². The Labute approximate surface area is 137 Å². The van der Waals surface area contributed by atoms with Gasteiger partial charge < -0.3 is 14.8 Å². The molecule has 1 fully saturated rings. The summed E-state index contributed by atoms with van der Waals surface area (Å²) in [7, 11) is 0. The Bertz CT molecular complexity index is 718. The van der Waals surface area contributed by atoms with Gasteiger partial charge in [-0.3, -0.25) is 9.59 Å². The molecule has 3 rings (SSSR count). The molecule has 2 aromatic rings. The second-order valence-corrected chi connectivity index (χ2v) is 6.20. The van der Waals surface area contributed by atoms with Crippen LogP contribution in [0.1, 0.15) is 6.42 Å². The third kappa shape index (κ3) is 3.73. The molecule has 0 atom stereocenters. The van der Waals surface area contributed by atoms with E-state index in [1.807, 2.05) is 0 Å². The monoisotopic (exact) mass is 333 g/mol. The van der Waals surface area contributed by atoms with E-state index in [1.54, 1.807) is 40.1 Å². The summed E-state index contributed by atoms with van der Waals surface area (Å²) in [5.41, 5.74) is 0.904. The number of rotatable bonds is 5. The van der Waals surface area contributed by atoms with E-state index in [0.717, 1.165) is 5.75 Å². The highest BCUT2D eigenvalue weighted by molar-refractivity contribution is 8.13. The van der Waals surface area contributed by atoms with Crippen molar-refractivity contribution in [3.05, 3.63) is 48.5 Å². The van der Waals surface area contributed by atoms with Gasteiger partial charge in [-0.05, 0) is 30.3 Å². The van der Waals surface area contributed by atoms with Crippen LogP contribution in [0.3, 0.4) is 0 Å². The third-order valence-corrected chi connectivity index (χ3v) is 4.46. The molecule has 1 aliphatic heterocycles. The standard InChI is InChI=1S/C16H16FN3O2S/c17-13-4-3-12(11-14(13)19-6-1-2-7-19)18-15(21)5-8-20-9-10-23-16(20)22/h1-4,6-7,11H,5,8-10H2,(H,18,21). The molecule has 0 bridgehead atoms. The van der Waals surface area contributed by atoms with Crippen LogP contribution in [-0.2, 0) is 4.79 Å². The molecule has 1 saturated heterocycles. The Balaban J connectivity index is 1.62. The highest BCUT2D eigenvalue weighted by Gasteiger charge is 2.21. The average molecular weight is 333 g/mol. The zero-order valence-electron chi connectivity index (χ0n) is 12.4. The van der Waals surface area contributed by atoms with Crippen LogP contribution >= 0.6 is 11.8 Å². The topological polar surface area (TPSA) is 54.3 Å². The van der Waals surface area contributed by atoms with Crippen molar-refractivity contribution in [2.75, 3.05) is 24.2 Å². The number of carbonyl (C=O) groups is 2. The minimum absolute atomic E-state index is 0.0227. The van der Waals surface area contributed by atoms with Crippen molar-refractivity contribution in [3.8, 4) is 5.69 Å². The van der Waals surface area contributed by atoms with Crippen molar-refractivity contribution in [3.63, 3.8) is 0 Å². The van der Waals surface area contributed by atoms with E-state index in [1.165, 1.54) is 23.9 Å². The van der Waals surface area contributed by atoms with E-state index in [0.29, 0.717) is 24.5 Å². The number of nitrogens with one attached hydrogen (secondary N) is 1. The van der Waals surface area contributed by atoms with E-state index in [-0.39, 0.29) is 23.4 Å². The first kappa shape index (κ1) is 15.6. The second kappa shape index (κ2) is 6.87. The van der Waals surface area contributed by atoms with Crippen molar-refractivity contribution >= 4 is 28.6 Å². The van der Waals surface area contributed by atoms with Crippen LogP contribution in [0.2, 0.25) is 0 Å². The molecule has 120 valence electrons. The number of halogens is 1. The summed E-state index contributed by atoms with van der Waals surface area (Å²) in [5.74, 6) is 0.220. The normalized spacial score (nSPS) is 14.3. The van der Waals surface area contributed by atoms with Gasteiger partial charge in [0, 0.05) is 43.3 Å². The van der Waals surface area contributed by atoms with Gasteiger partial charge in [0.25, 0.3) is 5.24 Å². The number of nitrogens with zero attached hydrogens (tertiary/aromatic N) is 2. The number of anilines is 1. The van der Waals surface area contributed by atoms with Crippen molar-refractivity contribution in [1.29, 1.82) is 0 Å². The van der Waals surface area contributed by atoms with Crippen LogP contribution in [0.5, 0.6) is 0 Å². The number of thioether (sulfide) groups is 1. The highest BCUT2D eigenvalue weighted by Crippen LogP contribution is 2.20. The first-order valence-electron chi connectivity index (χ1n) is 7.28. The zero-order chi connectivity index (χ0) is 16.2. The van der Waals surface area contributed by atoms with Crippen molar-refractivity contribution in [2.45, 2.75) is 6.42 Å². The van der Waals surface area contributed by atoms with Gasteiger partial charge in [-0.1, -0.05) is 11.8 Å². The number of benzene rings is 1. The Morgan fingerprint density at radius 2 is 2.09 bits per heavy atom. The molecular formula is C16H16FN3O2S. The van der Waals surface area contributed by atoms with Crippen LogP contribution < -0.4 is 5.32 Å². The molecule has 1 aromatic carbocycles. The van der Waals surface area contributed by atoms with Gasteiger partial charge in [0.15, 0.2) is 0 Å². The fourth-order valence-corrected chi connectivity index (χ4v) is 3.22. The summed E-state index contributed by atoms with van der Waals surface area (Å²) in [6.07, 6.45) is 3.70.